The van der Waals surface area contributed by atoms with Crippen LogP contribution in [-0.4, -0.2) is 9.55 Å². The standard InChI is InChI=1S/C39H24N2O/c1-3-11-25(12-4-1)28-21-33(27-14-5-2-6-15-27)40-38(22-28)41-34-18-10-9-17-30(34)31-24-37-32(23-35(31)41)39-29-16-8-7-13-26(29)19-20-36(39)42-37/h1-24H. The van der Waals surface area contributed by atoms with Gasteiger partial charge in [0.2, 0.25) is 0 Å². The summed E-state index contributed by atoms with van der Waals surface area (Å²) in [5.41, 5.74) is 8.35. The predicted octanol–water partition coefficient (Wildman–Crippen LogP) is 10.6. The quantitative estimate of drug-likeness (QED) is 0.225. The van der Waals surface area contributed by atoms with Crippen molar-refractivity contribution in [3.63, 3.8) is 0 Å². The number of fused-ring (bicyclic) bond motifs is 8. The highest BCUT2D eigenvalue weighted by molar-refractivity contribution is 6.23. The molecule has 3 heterocycles. The molecule has 0 aliphatic carbocycles. The maximum absolute atomic E-state index is 6.46. The zero-order valence-electron chi connectivity index (χ0n) is 22.7. The van der Waals surface area contributed by atoms with Crippen molar-refractivity contribution in [1.82, 2.24) is 9.55 Å². The fourth-order valence-electron chi connectivity index (χ4n) is 6.44. The van der Waals surface area contributed by atoms with Crippen LogP contribution in [0.2, 0.25) is 0 Å². The van der Waals surface area contributed by atoms with Gasteiger partial charge in [-0.1, -0.05) is 109 Å². The van der Waals surface area contributed by atoms with Crippen molar-refractivity contribution < 1.29 is 4.42 Å². The largest absolute Gasteiger partial charge is 0.456 e. The van der Waals surface area contributed by atoms with Crippen LogP contribution in [0.1, 0.15) is 0 Å². The molecule has 0 aliphatic heterocycles. The van der Waals surface area contributed by atoms with Crippen molar-refractivity contribution in [3.05, 3.63) is 146 Å². The number of pyridine rings is 1. The average molecular weight is 537 g/mol. The molecule has 42 heavy (non-hydrogen) atoms. The third-order valence-corrected chi connectivity index (χ3v) is 8.37. The van der Waals surface area contributed by atoms with Gasteiger partial charge >= 0.3 is 0 Å². The minimum absolute atomic E-state index is 0.887. The van der Waals surface area contributed by atoms with E-state index in [1.54, 1.807) is 0 Å². The highest BCUT2D eigenvalue weighted by Gasteiger charge is 2.19. The Hall–Kier alpha value is -5.67. The first-order valence-electron chi connectivity index (χ1n) is 14.2. The van der Waals surface area contributed by atoms with Crippen molar-refractivity contribution in [2.45, 2.75) is 0 Å². The van der Waals surface area contributed by atoms with Crippen LogP contribution in [0.25, 0.3) is 82.7 Å². The minimum Gasteiger partial charge on any atom is -0.456 e. The van der Waals surface area contributed by atoms with Crippen LogP contribution < -0.4 is 0 Å². The van der Waals surface area contributed by atoms with E-state index >= 15 is 0 Å². The van der Waals surface area contributed by atoms with Crippen LogP contribution in [0.5, 0.6) is 0 Å². The van der Waals surface area contributed by atoms with Gasteiger partial charge in [-0.3, -0.25) is 4.57 Å². The highest BCUT2D eigenvalue weighted by Crippen LogP contribution is 2.41. The van der Waals surface area contributed by atoms with Crippen LogP contribution in [0, 0.1) is 0 Å². The van der Waals surface area contributed by atoms with Gasteiger partial charge in [0.15, 0.2) is 0 Å². The summed E-state index contributed by atoms with van der Waals surface area (Å²) in [5.74, 6) is 0.887. The summed E-state index contributed by atoms with van der Waals surface area (Å²) in [6.45, 7) is 0. The van der Waals surface area contributed by atoms with E-state index < -0.39 is 0 Å². The summed E-state index contributed by atoms with van der Waals surface area (Å²) in [5, 5.41) is 6.99. The molecule has 0 radical (unpaired) electrons. The average Bonchev–Trinajstić information content (AvgIpc) is 3.59. The van der Waals surface area contributed by atoms with E-state index in [9.17, 15) is 0 Å². The van der Waals surface area contributed by atoms with Crippen LogP contribution in [-0.2, 0) is 0 Å². The summed E-state index contributed by atoms with van der Waals surface area (Å²) < 4.78 is 8.77. The molecule has 0 unspecified atom stereocenters. The molecule has 0 bridgehead atoms. The van der Waals surface area contributed by atoms with E-state index in [0.29, 0.717) is 0 Å². The summed E-state index contributed by atoms with van der Waals surface area (Å²) in [6, 6.07) is 51.2. The van der Waals surface area contributed by atoms with Gasteiger partial charge in [0, 0.05) is 27.1 Å². The molecule has 196 valence electrons. The number of aromatic nitrogens is 2. The highest BCUT2D eigenvalue weighted by atomic mass is 16.3. The van der Waals surface area contributed by atoms with Crippen LogP contribution >= 0.6 is 0 Å². The molecule has 0 spiro atoms. The zero-order chi connectivity index (χ0) is 27.6. The number of hydrogen-bond donors (Lipinski definition) is 0. The molecular weight excluding hydrogens is 512 g/mol. The fourth-order valence-corrected chi connectivity index (χ4v) is 6.44. The summed E-state index contributed by atoms with van der Waals surface area (Å²) in [6.07, 6.45) is 0. The summed E-state index contributed by atoms with van der Waals surface area (Å²) in [4.78, 5) is 5.29. The minimum atomic E-state index is 0.887. The Kier molecular flexibility index (Phi) is 4.90. The Labute approximate surface area is 241 Å². The number of furan rings is 1. The van der Waals surface area contributed by atoms with Gasteiger partial charge in [0.25, 0.3) is 0 Å². The number of rotatable bonds is 3. The first-order valence-corrected chi connectivity index (χ1v) is 14.2. The first kappa shape index (κ1) is 23.1. The van der Waals surface area contributed by atoms with Crippen molar-refractivity contribution in [2.75, 3.05) is 0 Å². The maximum atomic E-state index is 6.46. The molecule has 0 atom stereocenters. The Morgan fingerprint density at radius 2 is 1.17 bits per heavy atom. The maximum Gasteiger partial charge on any atom is 0.138 e. The third-order valence-electron chi connectivity index (χ3n) is 8.37. The third kappa shape index (κ3) is 3.44. The molecule has 3 heteroatoms. The number of para-hydroxylation sites is 1. The van der Waals surface area contributed by atoms with Crippen LogP contribution in [0.4, 0.5) is 0 Å². The van der Waals surface area contributed by atoms with E-state index in [4.69, 9.17) is 9.40 Å². The van der Waals surface area contributed by atoms with E-state index in [-0.39, 0.29) is 0 Å². The van der Waals surface area contributed by atoms with Gasteiger partial charge in [-0.05, 0) is 58.3 Å². The molecule has 0 amide bonds. The molecule has 3 aromatic heterocycles. The SMILES string of the molecule is c1ccc(-c2cc(-c3ccccc3)nc(-n3c4ccccc4c4cc5oc6ccc7ccccc7c6c5cc43)c2)cc1. The van der Waals surface area contributed by atoms with E-state index in [1.165, 1.54) is 16.2 Å². The molecule has 9 rings (SSSR count). The van der Waals surface area contributed by atoms with Gasteiger partial charge < -0.3 is 4.42 Å². The number of nitrogens with zero attached hydrogens (tertiary/aromatic N) is 2. The molecule has 0 saturated heterocycles. The Balaban J connectivity index is 1.41. The second-order valence-corrected chi connectivity index (χ2v) is 10.8. The van der Waals surface area contributed by atoms with E-state index in [0.717, 1.165) is 66.6 Å². The predicted molar refractivity (Wildman–Crippen MR) is 174 cm³/mol. The van der Waals surface area contributed by atoms with Gasteiger partial charge in [-0.25, -0.2) is 4.98 Å². The fraction of sp³-hybridized carbons (Fsp3) is 0. The smallest absolute Gasteiger partial charge is 0.138 e. The molecule has 0 saturated carbocycles. The lowest BCUT2D eigenvalue weighted by atomic mass is 10.0. The molecular formula is C39H24N2O. The van der Waals surface area contributed by atoms with Crippen molar-refractivity contribution in [1.29, 1.82) is 0 Å². The Morgan fingerprint density at radius 3 is 2.00 bits per heavy atom. The van der Waals surface area contributed by atoms with Crippen LogP contribution in [0.3, 0.4) is 0 Å². The normalized spacial score (nSPS) is 11.8. The van der Waals surface area contributed by atoms with Gasteiger partial charge in [0.1, 0.15) is 17.0 Å². The lowest BCUT2D eigenvalue weighted by Gasteiger charge is -2.13. The van der Waals surface area contributed by atoms with Crippen molar-refractivity contribution in [2.24, 2.45) is 0 Å². The molecule has 6 aromatic carbocycles. The molecule has 0 fully saturated rings. The molecule has 9 aromatic rings. The topological polar surface area (TPSA) is 31.0 Å². The zero-order valence-corrected chi connectivity index (χ0v) is 22.7. The lowest BCUT2D eigenvalue weighted by molar-refractivity contribution is 0.670. The Bertz CT molecular complexity index is 2390. The lowest BCUT2D eigenvalue weighted by Crippen LogP contribution is -2.00. The van der Waals surface area contributed by atoms with Gasteiger partial charge in [-0.2, -0.15) is 0 Å². The van der Waals surface area contributed by atoms with Crippen molar-refractivity contribution in [3.8, 4) is 28.2 Å². The van der Waals surface area contributed by atoms with Crippen LogP contribution in [0.15, 0.2) is 150 Å². The van der Waals surface area contributed by atoms with Gasteiger partial charge in [0.05, 0.1) is 16.7 Å². The Morgan fingerprint density at radius 1 is 0.452 bits per heavy atom. The summed E-state index contributed by atoms with van der Waals surface area (Å²) in [7, 11) is 0. The monoisotopic (exact) mass is 536 g/mol. The number of hydrogen-bond acceptors (Lipinski definition) is 2. The van der Waals surface area contributed by atoms with Gasteiger partial charge in [-0.15, -0.1) is 0 Å². The van der Waals surface area contributed by atoms with E-state index in [1.807, 2.05) is 6.07 Å². The molecule has 0 aliphatic rings. The summed E-state index contributed by atoms with van der Waals surface area (Å²) >= 11 is 0. The molecule has 0 N–H and O–H groups in total. The first-order chi connectivity index (χ1) is 20.8. The molecule has 3 nitrogen and oxygen atoms in total. The second-order valence-electron chi connectivity index (χ2n) is 10.8. The number of benzene rings is 6. The van der Waals surface area contributed by atoms with E-state index in [2.05, 4.69) is 144 Å². The second kappa shape index (κ2) is 8.92. The van der Waals surface area contributed by atoms with Crippen molar-refractivity contribution >= 4 is 54.5 Å².